The number of aryl methyl sites for hydroxylation is 1. The molecule has 0 radical (unpaired) electrons. The van der Waals surface area contributed by atoms with E-state index in [-0.39, 0.29) is 11.9 Å². The quantitative estimate of drug-likeness (QED) is 0.655. The summed E-state index contributed by atoms with van der Waals surface area (Å²) < 4.78 is 5.57. The molecule has 4 heteroatoms. The Labute approximate surface area is 159 Å². The van der Waals surface area contributed by atoms with Gasteiger partial charge in [0.2, 0.25) is 0 Å². The first-order valence-electron chi connectivity index (χ1n) is 9.98. The van der Waals surface area contributed by atoms with Crippen molar-refractivity contribution in [3.8, 4) is 11.3 Å². The molecule has 0 bridgehead atoms. The monoisotopic (exact) mass is 362 g/mol. The molecule has 1 aliphatic carbocycles. The Morgan fingerprint density at radius 3 is 2.44 bits per heavy atom. The minimum Gasteiger partial charge on any atom is -0.355 e. The van der Waals surface area contributed by atoms with Crippen molar-refractivity contribution in [1.29, 1.82) is 0 Å². The van der Waals surface area contributed by atoms with Gasteiger partial charge in [-0.2, -0.15) is 0 Å². The molecular weight excluding hydrogens is 336 g/mol. The zero-order valence-electron chi connectivity index (χ0n) is 15.8. The first-order chi connectivity index (χ1) is 13.2. The van der Waals surface area contributed by atoms with E-state index < -0.39 is 0 Å². The molecule has 0 atom stereocenters. The lowest BCUT2D eigenvalue weighted by atomic mass is 9.96. The molecule has 0 aliphatic heterocycles. The van der Waals surface area contributed by atoms with Gasteiger partial charge in [0.15, 0.2) is 5.76 Å². The summed E-state index contributed by atoms with van der Waals surface area (Å²) in [5, 5.41) is 8.27. The van der Waals surface area contributed by atoms with Crippen molar-refractivity contribution in [1.82, 2.24) is 10.5 Å². The maximum atomic E-state index is 12.8. The van der Waals surface area contributed by atoms with Crippen LogP contribution in [0.4, 0.5) is 0 Å². The highest BCUT2D eigenvalue weighted by molar-refractivity contribution is 6.01. The molecule has 27 heavy (non-hydrogen) atoms. The predicted octanol–water partition coefficient (Wildman–Crippen LogP) is 5.65. The van der Waals surface area contributed by atoms with E-state index in [1.54, 1.807) is 0 Å². The molecule has 0 unspecified atom stereocenters. The fourth-order valence-electron chi connectivity index (χ4n) is 3.87. The van der Waals surface area contributed by atoms with E-state index in [1.165, 1.54) is 37.7 Å². The van der Waals surface area contributed by atoms with Crippen molar-refractivity contribution in [2.45, 2.75) is 57.9 Å². The van der Waals surface area contributed by atoms with E-state index in [9.17, 15) is 4.79 Å². The first-order valence-corrected chi connectivity index (χ1v) is 9.98. The number of carbonyl (C=O) groups is 1. The Kier molecular flexibility index (Phi) is 5.23. The Morgan fingerprint density at radius 1 is 1.00 bits per heavy atom. The van der Waals surface area contributed by atoms with Crippen LogP contribution in [0.5, 0.6) is 0 Å². The summed E-state index contributed by atoms with van der Waals surface area (Å²) in [5.74, 6) is 0.712. The van der Waals surface area contributed by atoms with Crippen molar-refractivity contribution in [2.24, 2.45) is 0 Å². The number of rotatable bonds is 3. The minimum atomic E-state index is -0.00136. The molecule has 3 aromatic rings. The molecular formula is C23H26N2O2. The van der Waals surface area contributed by atoms with E-state index in [1.807, 2.05) is 30.3 Å². The summed E-state index contributed by atoms with van der Waals surface area (Å²) in [5.41, 5.74) is 3.61. The van der Waals surface area contributed by atoms with E-state index in [0.29, 0.717) is 11.3 Å². The fraction of sp³-hybridized carbons (Fsp3) is 0.391. The van der Waals surface area contributed by atoms with E-state index >= 15 is 0 Å². The van der Waals surface area contributed by atoms with Crippen LogP contribution in [-0.2, 0) is 0 Å². The third-order valence-electron chi connectivity index (χ3n) is 5.49. The molecule has 0 spiro atoms. The SMILES string of the molecule is Cc1ccc(-c2onc3ccc(C(=O)NC4CCCCCCC4)cc23)cc1. The number of nitrogens with zero attached hydrogens (tertiary/aromatic N) is 1. The molecule has 1 aromatic heterocycles. The molecule has 4 rings (SSSR count). The molecule has 1 heterocycles. The maximum Gasteiger partial charge on any atom is 0.251 e. The number of amides is 1. The second-order valence-corrected chi connectivity index (χ2v) is 7.63. The maximum absolute atomic E-state index is 12.8. The normalized spacial score (nSPS) is 16.0. The number of aromatic nitrogens is 1. The lowest BCUT2D eigenvalue weighted by Gasteiger charge is -2.21. The van der Waals surface area contributed by atoms with Crippen LogP contribution >= 0.6 is 0 Å². The average molecular weight is 362 g/mol. The number of nitrogens with one attached hydrogen (secondary N) is 1. The Hall–Kier alpha value is -2.62. The van der Waals surface area contributed by atoms with Crippen LogP contribution in [-0.4, -0.2) is 17.1 Å². The van der Waals surface area contributed by atoms with Crippen LogP contribution in [0.3, 0.4) is 0 Å². The molecule has 1 fully saturated rings. The molecule has 140 valence electrons. The first kappa shape index (κ1) is 17.8. The largest absolute Gasteiger partial charge is 0.355 e. The highest BCUT2D eigenvalue weighted by Gasteiger charge is 2.17. The summed E-state index contributed by atoms with van der Waals surface area (Å²) in [7, 11) is 0. The molecule has 1 aliphatic rings. The molecule has 1 amide bonds. The summed E-state index contributed by atoms with van der Waals surface area (Å²) in [6.07, 6.45) is 8.44. The Morgan fingerprint density at radius 2 is 1.70 bits per heavy atom. The summed E-state index contributed by atoms with van der Waals surface area (Å²) in [4.78, 5) is 12.8. The van der Waals surface area contributed by atoms with Crippen LogP contribution in [0.1, 0.15) is 60.9 Å². The average Bonchev–Trinajstić information content (AvgIpc) is 3.07. The highest BCUT2D eigenvalue weighted by Crippen LogP contribution is 2.29. The van der Waals surface area contributed by atoms with Gasteiger partial charge in [0, 0.05) is 17.2 Å². The third-order valence-corrected chi connectivity index (χ3v) is 5.49. The predicted molar refractivity (Wildman–Crippen MR) is 108 cm³/mol. The van der Waals surface area contributed by atoms with Crippen LogP contribution in [0.2, 0.25) is 0 Å². The smallest absolute Gasteiger partial charge is 0.251 e. The van der Waals surface area contributed by atoms with Gasteiger partial charge in [-0.15, -0.1) is 0 Å². The topological polar surface area (TPSA) is 55.1 Å². The van der Waals surface area contributed by atoms with Crippen LogP contribution in [0.25, 0.3) is 22.2 Å². The Bertz CT molecular complexity index is 919. The summed E-state index contributed by atoms with van der Waals surface area (Å²) in [6.45, 7) is 2.06. The summed E-state index contributed by atoms with van der Waals surface area (Å²) in [6, 6.07) is 14.0. The molecule has 4 nitrogen and oxygen atoms in total. The molecule has 1 saturated carbocycles. The van der Waals surface area contributed by atoms with Gasteiger partial charge in [-0.05, 0) is 38.0 Å². The number of benzene rings is 2. The standard InChI is InChI=1S/C23H26N2O2/c1-16-9-11-17(12-10-16)22-20-15-18(13-14-21(20)25-27-22)23(26)24-19-7-5-3-2-4-6-8-19/h9-15,19H,2-8H2,1H3,(H,24,26). The second kappa shape index (κ2) is 7.95. The third kappa shape index (κ3) is 4.05. The fourth-order valence-corrected chi connectivity index (χ4v) is 3.87. The number of fused-ring (bicyclic) bond motifs is 1. The van der Waals surface area contributed by atoms with Gasteiger partial charge >= 0.3 is 0 Å². The van der Waals surface area contributed by atoms with Crippen molar-refractivity contribution in [2.75, 3.05) is 0 Å². The van der Waals surface area contributed by atoms with Crippen LogP contribution < -0.4 is 5.32 Å². The van der Waals surface area contributed by atoms with Gasteiger partial charge in [0.1, 0.15) is 5.52 Å². The van der Waals surface area contributed by atoms with Gasteiger partial charge in [-0.3, -0.25) is 4.79 Å². The van der Waals surface area contributed by atoms with Crippen LogP contribution in [0, 0.1) is 6.92 Å². The number of carbonyl (C=O) groups excluding carboxylic acids is 1. The summed E-state index contributed by atoms with van der Waals surface area (Å²) >= 11 is 0. The van der Waals surface area contributed by atoms with Gasteiger partial charge in [0.05, 0.1) is 5.39 Å². The van der Waals surface area contributed by atoms with Gasteiger partial charge in [-0.1, -0.05) is 67.1 Å². The molecule has 1 N–H and O–H groups in total. The van der Waals surface area contributed by atoms with Crippen LogP contribution in [0.15, 0.2) is 47.0 Å². The van der Waals surface area contributed by atoms with E-state index in [4.69, 9.17) is 4.52 Å². The van der Waals surface area contributed by atoms with Crippen molar-refractivity contribution >= 4 is 16.8 Å². The lowest BCUT2D eigenvalue weighted by molar-refractivity contribution is 0.0930. The zero-order chi connectivity index (χ0) is 18.6. The Balaban J connectivity index is 1.57. The lowest BCUT2D eigenvalue weighted by Crippen LogP contribution is -2.35. The molecule has 2 aromatic carbocycles. The van der Waals surface area contributed by atoms with Crippen molar-refractivity contribution < 1.29 is 9.32 Å². The minimum absolute atomic E-state index is 0.00136. The van der Waals surface area contributed by atoms with Gasteiger partial charge in [0.25, 0.3) is 5.91 Å². The zero-order valence-corrected chi connectivity index (χ0v) is 15.8. The van der Waals surface area contributed by atoms with Gasteiger partial charge < -0.3 is 9.84 Å². The van der Waals surface area contributed by atoms with Gasteiger partial charge in [-0.25, -0.2) is 0 Å². The highest BCUT2D eigenvalue weighted by atomic mass is 16.5. The van der Waals surface area contributed by atoms with Crippen molar-refractivity contribution in [3.63, 3.8) is 0 Å². The number of hydrogen-bond acceptors (Lipinski definition) is 3. The second-order valence-electron chi connectivity index (χ2n) is 7.63. The molecule has 0 saturated heterocycles. The van der Waals surface area contributed by atoms with E-state index in [2.05, 4.69) is 29.5 Å². The van der Waals surface area contributed by atoms with Crippen molar-refractivity contribution in [3.05, 3.63) is 53.6 Å². The number of hydrogen-bond donors (Lipinski definition) is 1. The van der Waals surface area contributed by atoms with E-state index in [0.717, 1.165) is 29.3 Å².